The van der Waals surface area contributed by atoms with E-state index in [2.05, 4.69) is 5.32 Å². The lowest BCUT2D eigenvalue weighted by atomic mass is 9.97. The summed E-state index contributed by atoms with van der Waals surface area (Å²) in [5.41, 5.74) is 0. The number of carbonyl (C=O) groups is 2. The molecule has 0 spiro atoms. The van der Waals surface area contributed by atoms with Crippen LogP contribution in [0.15, 0.2) is 0 Å². The van der Waals surface area contributed by atoms with E-state index in [1.807, 2.05) is 20.1 Å². The molecule has 0 saturated carbocycles. The first-order valence-electron chi connectivity index (χ1n) is 6.58. The van der Waals surface area contributed by atoms with E-state index in [4.69, 9.17) is 5.11 Å². The van der Waals surface area contributed by atoms with Crippen molar-refractivity contribution in [1.29, 1.82) is 0 Å². The van der Waals surface area contributed by atoms with Crippen LogP contribution < -0.4 is 5.32 Å². The largest absolute Gasteiger partial charge is 0.480 e. The third-order valence-electron chi connectivity index (χ3n) is 2.87. The molecule has 0 heterocycles. The van der Waals surface area contributed by atoms with Gasteiger partial charge < -0.3 is 10.4 Å². The molecule has 0 rings (SSSR count). The molecule has 0 bridgehead atoms. The Morgan fingerprint density at radius 3 is 2.11 bits per heavy atom. The fourth-order valence-corrected chi connectivity index (χ4v) is 2.36. The molecule has 1 atom stereocenters. The average Bonchev–Trinajstić information content (AvgIpc) is 2.33. The number of thioether (sulfide) groups is 1. The van der Waals surface area contributed by atoms with Crippen LogP contribution in [0, 0.1) is 5.92 Å². The number of carboxylic acid groups (broad SMARTS) is 1. The minimum absolute atomic E-state index is 0.0453. The van der Waals surface area contributed by atoms with Crippen molar-refractivity contribution in [2.75, 3.05) is 12.0 Å². The van der Waals surface area contributed by atoms with Crippen LogP contribution in [0.2, 0.25) is 0 Å². The highest BCUT2D eigenvalue weighted by molar-refractivity contribution is 7.98. The highest BCUT2D eigenvalue weighted by atomic mass is 32.2. The van der Waals surface area contributed by atoms with Crippen molar-refractivity contribution in [2.24, 2.45) is 5.92 Å². The summed E-state index contributed by atoms with van der Waals surface area (Å²) in [6.45, 7) is 4.08. The van der Waals surface area contributed by atoms with E-state index in [1.54, 1.807) is 11.8 Å². The Morgan fingerprint density at radius 1 is 1.17 bits per heavy atom. The first-order valence-corrected chi connectivity index (χ1v) is 7.98. The molecule has 0 radical (unpaired) electrons. The summed E-state index contributed by atoms with van der Waals surface area (Å²) in [5, 5.41) is 11.7. The smallest absolute Gasteiger partial charge is 0.326 e. The van der Waals surface area contributed by atoms with Crippen LogP contribution in [0.4, 0.5) is 0 Å². The molecule has 0 unspecified atom stereocenters. The van der Waals surface area contributed by atoms with Crippen molar-refractivity contribution < 1.29 is 14.7 Å². The quantitative estimate of drug-likeness (QED) is 0.643. The van der Waals surface area contributed by atoms with E-state index in [0.717, 1.165) is 31.4 Å². The monoisotopic (exact) mass is 275 g/mol. The van der Waals surface area contributed by atoms with E-state index in [-0.39, 0.29) is 11.8 Å². The van der Waals surface area contributed by atoms with E-state index in [1.165, 1.54) is 0 Å². The van der Waals surface area contributed by atoms with Crippen molar-refractivity contribution in [3.63, 3.8) is 0 Å². The van der Waals surface area contributed by atoms with Gasteiger partial charge in [0, 0.05) is 5.92 Å². The van der Waals surface area contributed by atoms with Gasteiger partial charge in [-0.05, 0) is 31.3 Å². The summed E-state index contributed by atoms with van der Waals surface area (Å²) in [7, 11) is 0. The number of carboxylic acids is 1. The van der Waals surface area contributed by atoms with Gasteiger partial charge in [-0.1, -0.05) is 26.7 Å². The van der Waals surface area contributed by atoms with E-state index in [9.17, 15) is 9.59 Å². The Hall–Kier alpha value is -0.710. The van der Waals surface area contributed by atoms with Gasteiger partial charge in [-0.25, -0.2) is 4.79 Å². The number of aliphatic carboxylic acids is 1. The molecule has 1 amide bonds. The van der Waals surface area contributed by atoms with Crippen LogP contribution >= 0.6 is 11.8 Å². The number of hydrogen-bond acceptors (Lipinski definition) is 3. The maximum atomic E-state index is 12.0. The molecule has 18 heavy (non-hydrogen) atoms. The molecule has 0 aliphatic heterocycles. The standard InChI is InChI=1S/C13H25NO3S/c1-4-6-10(7-5-2)12(15)14-11(13(16)17)8-9-18-3/h10-11H,4-9H2,1-3H3,(H,14,15)(H,16,17)/t11-/m1/s1. The number of rotatable bonds is 10. The minimum Gasteiger partial charge on any atom is -0.480 e. The van der Waals surface area contributed by atoms with Crippen molar-refractivity contribution in [2.45, 2.75) is 52.0 Å². The highest BCUT2D eigenvalue weighted by Crippen LogP contribution is 2.14. The van der Waals surface area contributed by atoms with Crippen molar-refractivity contribution in [3.8, 4) is 0 Å². The molecule has 2 N–H and O–H groups in total. The van der Waals surface area contributed by atoms with Gasteiger partial charge in [0.1, 0.15) is 6.04 Å². The summed E-state index contributed by atoms with van der Waals surface area (Å²) < 4.78 is 0. The Kier molecular flexibility index (Phi) is 9.83. The minimum atomic E-state index is -0.941. The van der Waals surface area contributed by atoms with Crippen molar-refractivity contribution in [3.05, 3.63) is 0 Å². The summed E-state index contributed by atoms with van der Waals surface area (Å²) >= 11 is 1.59. The van der Waals surface area contributed by atoms with Crippen LogP contribution in [-0.4, -0.2) is 35.0 Å². The Morgan fingerprint density at radius 2 is 1.72 bits per heavy atom. The number of carbonyl (C=O) groups excluding carboxylic acids is 1. The summed E-state index contributed by atoms with van der Waals surface area (Å²) in [5.74, 6) is -0.351. The first kappa shape index (κ1) is 17.3. The molecule has 0 aliphatic carbocycles. The lowest BCUT2D eigenvalue weighted by Crippen LogP contribution is -2.44. The van der Waals surface area contributed by atoms with E-state index in [0.29, 0.717) is 6.42 Å². The fourth-order valence-electron chi connectivity index (χ4n) is 1.89. The van der Waals surface area contributed by atoms with E-state index < -0.39 is 12.0 Å². The highest BCUT2D eigenvalue weighted by Gasteiger charge is 2.23. The second kappa shape index (κ2) is 10.2. The molecule has 0 aromatic heterocycles. The Bertz CT molecular complexity index is 253. The van der Waals surface area contributed by atoms with Crippen LogP contribution in [0.1, 0.15) is 46.0 Å². The average molecular weight is 275 g/mol. The number of nitrogens with one attached hydrogen (secondary N) is 1. The molecule has 106 valence electrons. The maximum absolute atomic E-state index is 12.0. The van der Waals surface area contributed by atoms with Crippen molar-refractivity contribution in [1.82, 2.24) is 5.32 Å². The number of hydrogen-bond donors (Lipinski definition) is 2. The van der Waals surface area contributed by atoms with Gasteiger partial charge in [-0.2, -0.15) is 11.8 Å². The summed E-state index contributed by atoms with van der Waals surface area (Å²) in [6.07, 6.45) is 5.95. The molecule has 5 heteroatoms. The van der Waals surface area contributed by atoms with Gasteiger partial charge in [0.2, 0.25) is 5.91 Å². The zero-order valence-corrected chi connectivity index (χ0v) is 12.4. The normalized spacial score (nSPS) is 12.4. The lowest BCUT2D eigenvalue weighted by Gasteiger charge is -2.19. The summed E-state index contributed by atoms with van der Waals surface area (Å²) in [6, 6.07) is -0.749. The topological polar surface area (TPSA) is 66.4 Å². The van der Waals surface area contributed by atoms with Crippen LogP contribution in [0.3, 0.4) is 0 Å². The Labute approximate surface area is 114 Å². The summed E-state index contributed by atoms with van der Waals surface area (Å²) in [4.78, 5) is 23.1. The SMILES string of the molecule is CCCC(CCC)C(=O)N[C@H](CCSC)C(=O)O. The second-order valence-electron chi connectivity index (χ2n) is 4.46. The van der Waals surface area contributed by atoms with Crippen LogP contribution in [0.5, 0.6) is 0 Å². The molecule has 0 aromatic carbocycles. The zero-order valence-electron chi connectivity index (χ0n) is 11.6. The molecule has 0 fully saturated rings. The van der Waals surface area contributed by atoms with Gasteiger partial charge in [-0.15, -0.1) is 0 Å². The molecule has 0 aromatic rings. The first-order chi connectivity index (χ1) is 8.56. The van der Waals surface area contributed by atoms with Gasteiger partial charge in [-0.3, -0.25) is 4.79 Å². The number of amides is 1. The molecule has 0 saturated heterocycles. The van der Waals surface area contributed by atoms with Gasteiger partial charge >= 0.3 is 5.97 Å². The van der Waals surface area contributed by atoms with E-state index >= 15 is 0 Å². The third kappa shape index (κ3) is 6.89. The zero-order chi connectivity index (χ0) is 14.0. The third-order valence-corrected chi connectivity index (χ3v) is 3.51. The van der Waals surface area contributed by atoms with Crippen LogP contribution in [0.25, 0.3) is 0 Å². The predicted molar refractivity (Wildman–Crippen MR) is 75.9 cm³/mol. The lowest BCUT2D eigenvalue weighted by molar-refractivity contribution is -0.142. The van der Waals surface area contributed by atoms with Crippen LogP contribution in [-0.2, 0) is 9.59 Å². The maximum Gasteiger partial charge on any atom is 0.326 e. The molecule has 0 aliphatic rings. The van der Waals surface area contributed by atoms with Gasteiger partial charge in [0.05, 0.1) is 0 Å². The van der Waals surface area contributed by atoms with Gasteiger partial charge in [0.25, 0.3) is 0 Å². The molecular weight excluding hydrogens is 250 g/mol. The second-order valence-corrected chi connectivity index (χ2v) is 5.44. The fraction of sp³-hybridized carbons (Fsp3) is 0.846. The molecular formula is C13H25NO3S. The van der Waals surface area contributed by atoms with Crippen molar-refractivity contribution >= 4 is 23.6 Å². The van der Waals surface area contributed by atoms with Gasteiger partial charge in [0.15, 0.2) is 0 Å². The predicted octanol–water partition coefficient (Wildman–Crippen LogP) is 2.53. The molecule has 4 nitrogen and oxygen atoms in total. The Balaban J connectivity index is 4.39.